The van der Waals surface area contributed by atoms with E-state index >= 15 is 0 Å². The van der Waals surface area contributed by atoms with Gasteiger partial charge in [0, 0.05) is 14.8 Å². The van der Waals surface area contributed by atoms with E-state index in [-0.39, 0.29) is 17.6 Å². The van der Waals surface area contributed by atoms with Gasteiger partial charge in [-0.15, -0.1) is 0 Å². The standard InChI is InChI=1S/C32H29I2N3O4S/c1-5-40-24-13-11-20(12-14-24)28-27(30(38)36-23-9-7-6-8-10-23)19(4)35-32-37(28)31(39)26(42-32)16-21-15-22(33)17-25(34)29(21)41-18(2)3/h6-18,28H,5H2,1-4H3,(H,36,38)/b26-16-/t28-/m0/s1. The summed E-state index contributed by atoms with van der Waals surface area (Å²) in [6.07, 6.45) is 1.84. The second kappa shape index (κ2) is 13.1. The van der Waals surface area contributed by atoms with Crippen LogP contribution in [0.5, 0.6) is 11.5 Å². The van der Waals surface area contributed by atoms with Gasteiger partial charge in [-0.25, -0.2) is 4.99 Å². The number of thiazole rings is 1. The van der Waals surface area contributed by atoms with Crippen molar-refractivity contribution in [2.24, 2.45) is 4.99 Å². The average Bonchev–Trinajstić information content (AvgIpc) is 3.25. The van der Waals surface area contributed by atoms with E-state index in [1.807, 2.05) is 101 Å². The zero-order chi connectivity index (χ0) is 30.0. The molecule has 0 fully saturated rings. The quantitative estimate of drug-likeness (QED) is 0.213. The highest BCUT2D eigenvalue weighted by molar-refractivity contribution is 14.1. The van der Waals surface area contributed by atoms with Crippen LogP contribution in [0.1, 0.15) is 44.9 Å². The van der Waals surface area contributed by atoms with Gasteiger partial charge in [0.2, 0.25) is 0 Å². The lowest BCUT2D eigenvalue weighted by atomic mass is 9.95. The zero-order valence-corrected chi connectivity index (χ0v) is 28.6. The highest BCUT2D eigenvalue weighted by Gasteiger charge is 2.32. The third-order valence-corrected chi connectivity index (χ3v) is 8.89. The monoisotopic (exact) mass is 805 g/mol. The summed E-state index contributed by atoms with van der Waals surface area (Å²) in [7, 11) is 0. The van der Waals surface area contributed by atoms with Crippen molar-refractivity contribution in [3.05, 3.63) is 116 Å². The number of aromatic nitrogens is 1. The van der Waals surface area contributed by atoms with Gasteiger partial charge < -0.3 is 14.8 Å². The van der Waals surface area contributed by atoms with Crippen molar-refractivity contribution in [3.8, 4) is 11.5 Å². The van der Waals surface area contributed by atoms with Crippen molar-refractivity contribution >= 4 is 74.2 Å². The van der Waals surface area contributed by atoms with Crippen molar-refractivity contribution in [3.63, 3.8) is 0 Å². The molecule has 2 heterocycles. The molecule has 10 heteroatoms. The highest BCUT2D eigenvalue weighted by atomic mass is 127. The number of nitrogens with one attached hydrogen (secondary N) is 1. The molecule has 42 heavy (non-hydrogen) atoms. The van der Waals surface area contributed by atoms with Crippen LogP contribution >= 0.6 is 56.5 Å². The number of fused-ring (bicyclic) bond motifs is 1. The number of ether oxygens (including phenoxy) is 2. The Balaban J connectivity index is 1.68. The number of hydrogen-bond donors (Lipinski definition) is 1. The van der Waals surface area contributed by atoms with Crippen LogP contribution in [-0.4, -0.2) is 23.2 Å². The summed E-state index contributed by atoms with van der Waals surface area (Å²) >= 11 is 5.84. The normalized spacial score (nSPS) is 14.9. The number of hydrogen-bond acceptors (Lipinski definition) is 6. The fourth-order valence-corrected chi connectivity index (χ4v) is 7.80. The van der Waals surface area contributed by atoms with E-state index < -0.39 is 6.04 Å². The summed E-state index contributed by atoms with van der Waals surface area (Å²) in [5.74, 6) is 1.14. The van der Waals surface area contributed by atoms with E-state index in [2.05, 4.69) is 50.5 Å². The number of amides is 1. The molecule has 1 aromatic heterocycles. The van der Waals surface area contributed by atoms with E-state index in [0.29, 0.717) is 32.9 Å². The largest absolute Gasteiger partial charge is 0.494 e. The Kier molecular flexibility index (Phi) is 9.53. The fraction of sp³-hybridized carbons (Fsp3) is 0.219. The summed E-state index contributed by atoms with van der Waals surface area (Å²) in [5.41, 5.74) is 3.01. The molecule has 0 saturated heterocycles. The predicted octanol–water partition coefficient (Wildman–Crippen LogP) is 6.27. The van der Waals surface area contributed by atoms with Gasteiger partial charge in [0.05, 0.1) is 38.1 Å². The Morgan fingerprint density at radius 1 is 1.12 bits per heavy atom. The van der Waals surface area contributed by atoms with Gasteiger partial charge in [0.25, 0.3) is 11.5 Å². The lowest BCUT2D eigenvalue weighted by Crippen LogP contribution is -2.40. The number of halogens is 2. The van der Waals surface area contributed by atoms with E-state index in [4.69, 9.17) is 14.5 Å². The van der Waals surface area contributed by atoms with Crippen LogP contribution in [0, 0.1) is 7.14 Å². The van der Waals surface area contributed by atoms with Crippen LogP contribution in [0.2, 0.25) is 0 Å². The van der Waals surface area contributed by atoms with Crippen LogP contribution in [0.15, 0.2) is 87.8 Å². The Hall–Kier alpha value is -2.97. The summed E-state index contributed by atoms with van der Waals surface area (Å²) in [4.78, 5) is 33.2. The number of benzene rings is 3. The molecule has 1 aliphatic heterocycles. The van der Waals surface area contributed by atoms with E-state index in [0.717, 1.165) is 29.8 Å². The first-order valence-corrected chi connectivity index (χ1v) is 16.4. The number of rotatable bonds is 8. The second-order valence-corrected chi connectivity index (χ2v) is 13.3. The van der Waals surface area contributed by atoms with Crippen LogP contribution in [0.25, 0.3) is 6.08 Å². The zero-order valence-electron chi connectivity index (χ0n) is 23.5. The van der Waals surface area contributed by atoms with Gasteiger partial charge in [-0.3, -0.25) is 14.2 Å². The highest BCUT2D eigenvalue weighted by Crippen LogP contribution is 2.33. The molecule has 5 rings (SSSR count). The Morgan fingerprint density at radius 3 is 2.50 bits per heavy atom. The first-order valence-electron chi connectivity index (χ1n) is 13.4. The van der Waals surface area contributed by atoms with Gasteiger partial charge in [-0.1, -0.05) is 41.7 Å². The Morgan fingerprint density at radius 2 is 1.83 bits per heavy atom. The number of carbonyl (C=O) groups is 1. The molecule has 4 aromatic rings. The van der Waals surface area contributed by atoms with E-state index in [1.165, 1.54) is 11.3 Å². The molecule has 0 aliphatic carbocycles. The maximum absolute atomic E-state index is 14.2. The Labute approximate surface area is 275 Å². The molecule has 0 bridgehead atoms. The third kappa shape index (κ3) is 6.50. The van der Waals surface area contributed by atoms with Gasteiger partial charge in [0.15, 0.2) is 4.80 Å². The molecule has 7 nitrogen and oxygen atoms in total. The second-order valence-electron chi connectivity index (χ2n) is 9.88. The van der Waals surface area contributed by atoms with E-state index in [9.17, 15) is 9.59 Å². The summed E-state index contributed by atoms with van der Waals surface area (Å²) in [6.45, 7) is 8.24. The van der Waals surface area contributed by atoms with Gasteiger partial charge >= 0.3 is 0 Å². The minimum Gasteiger partial charge on any atom is -0.494 e. The molecule has 0 saturated carbocycles. The lowest BCUT2D eigenvalue weighted by Gasteiger charge is -2.25. The van der Waals surface area contributed by atoms with Gasteiger partial charge in [-0.05, 0) is 121 Å². The third-order valence-electron chi connectivity index (χ3n) is 6.48. The van der Waals surface area contributed by atoms with E-state index in [1.54, 1.807) is 4.57 Å². The number of para-hydroxylation sites is 1. The minimum absolute atomic E-state index is 0.0278. The van der Waals surface area contributed by atoms with Crippen molar-refractivity contribution in [1.29, 1.82) is 0 Å². The summed E-state index contributed by atoms with van der Waals surface area (Å²) in [6, 6.07) is 20.2. The summed E-state index contributed by atoms with van der Waals surface area (Å²) < 4.78 is 15.9. The molecule has 216 valence electrons. The SMILES string of the molecule is CCOc1ccc([C@H]2C(C(=O)Nc3ccccc3)=C(C)N=c3s/c(=C\c4cc(I)cc(I)c4OC(C)C)c(=O)n32)cc1. The molecule has 0 spiro atoms. The van der Waals surface area contributed by atoms with Crippen LogP contribution < -0.4 is 29.7 Å². The van der Waals surface area contributed by atoms with Gasteiger partial charge in [-0.2, -0.15) is 0 Å². The first-order chi connectivity index (χ1) is 20.2. The molecule has 0 unspecified atom stereocenters. The molecule has 1 N–H and O–H groups in total. The maximum Gasteiger partial charge on any atom is 0.271 e. The molecule has 1 amide bonds. The van der Waals surface area contributed by atoms with Crippen LogP contribution in [0.3, 0.4) is 0 Å². The molecule has 3 aromatic carbocycles. The molecular weight excluding hydrogens is 776 g/mol. The lowest BCUT2D eigenvalue weighted by molar-refractivity contribution is -0.113. The van der Waals surface area contributed by atoms with Crippen molar-refractivity contribution in [2.75, 3.05) is 11.9 Å². The van der Waals surface area contributed by atoms with Crippen molar-refractivity contribution in [1.82, 2.24) is 4.57 Å². The molecule has 0 radical (unpaired) electrons. The average molecular weight is 805 g/mol. The number of nitrogens with zero attached hydrogens (tertiary/aromatic N) is 2. The number of anilines is 1. The van der Waals surface area contributed by atoms with Crippen molar-refractivity contribution in [2.45, 2.75) is 39.8 Å². The fourth-order valence-electron chi connectivity index (χ4n) is 4.75. The topological polar surface area (TPSA) is 81.9 Å². The first kappa shape index (κ1) is 30.5. The summed E-state index contributed by atoms with van der Waals surface area (Å²) in [5, 5.41) is 2.99. The predicted molar refractivity (Wildman–Crippen MR) is 184 cm³/mol. The molecule has 1 aliphatic rings. The van der Waals surface area contributed by atoms with Gasteiger partial charge in [0.1, 0.15) is 11.5 Å². The van der Waals surface area contributed by atoms with Crippen LogP contribution in [-0.2, 0) is 4.79 Å². The smallest absolute Gasteiger partial charge is 0.271 e. The number of allylic oxidation sites excluding steroid dienone is 1. The molecule has 1 atom stereocenters. The van der Waals surface area contributed by atoms with Crippen LogP contribution in [0.4, 0.5) is 5.69 Å². The van der Waals surface area contributed by atoms with Crippen molar-refractivity contribution < 1.29 is 14.3 Å². The molecular formula is C32H29I2N3O4S. The Bertz CT molecular complexity index is 1850. The minimum atomic E-state index is -0.676. The number of carbonyl (C=O) groups excluding carboxylic acids is 1. The maximum atomic E-state index is 14.2.